The molecule has 3 aromatic rings. The van der Waals surface area contributed by atoms with Gasteiger partial charge >= 0.3 is 0 Å². The molecule has 25 heavy (non-hydrogen) atoms. The van der Waals surface area contributed by atoms with Gasteiger partial charge < -0.3 is 0 Å². The molecular weight excluding hydrogens is 352 g/mol. The van der Waals surface area contributed by atoms with Crippen molar-refractivity contribution in [3.05, 3.63) is 72.4 Å². The van der Waals surface area contributed by atoms with Crippen molar-refractivity contribution in [3.8, 4) is 11.1 Å². The monoisotopic (exact) mass is 370 g/mol. The number of benzene rings is 2. The van der Waals surface area contributed by atoms with Crippen molar-refractivity contribution in [2.75, 3.05) is 11.0 Å². The third-order valence-electron chi connectivity index (χ3n) is 3.71. The summed E-state index contributed by atoms with van der Waals surface area (Å²) in [4.78, 5) is 5.54. The number of nitrogens with zero attached hydrogens (tertiary/aromatic N) is 1. The van der Waals surface area contributed by atoms with Gasteiger partial charge in [-0.2, -0.15) is 0 Å². The normalized spacial score (nSPS) is 11.3. The number of hydrogen-bond acceptors (Lipinski definition) is 4. The molecule has 0 fully saturated rings. The van der Waals surface area contributed by atoms with Crippen molar-refractivity contribution < 1.29 is 8.42 Å². The number of aromatic nitrogens is 1. The lowest BCUT2D eigenvalue weighted by atomic mass is 10.1. The Labute approximate surface area is 152 Å². The predicted octanol–water partition coefficient (Wildman–Crippen LogP) is 4.58. The minimum absolute atomic E-state index is 0.209. The molecule has 0 unspecified atom stereocenters. The molecule has 0 atom stereocenters. The molecule has 0 aliphatic carbocycles. The van der Waals surface area contributed by atoms with Crippen molar-refractivity contribution in [3.63, 3.8) is 0 Å². The van der Waals surface area contributed by atoms with Crippen molar-refractivity contribution >= 4 is 27.6 Å². The molecule has 0 radical (unpaired) electrons. The standard InChI is InChI=1S/C19H18N2O2S2/c1-14-6-5-9-19(20-14)21-25(22,23)16-12-10-15(11-13-16)17-7-3-4-8-18(17)24-2/h3-13H,1-2H3,(H,20,21). The van der Waals surface area contributed by atoms with Crippen LogP contribution in [0.1, 0.15) is 5.69 Å². The second kappa shape index (κ2) is 7.29. The van der Waals surface area contributed by atoms with E-state index in [0.29, 0.717) is 5.82 Å². The second-order valence-corrected chi connectivity index (χ2v) is 8.02. The lowest BCUT2D eigenvalue weighted by Crippen LogP contribution is -2.14. The number of hydrogen-bond donors (Lipinski definition) is 1. The summed E-state index contributed by atoms with van der Waals surface area (Å²) in [5.74, 6) is 0.316. The van der Waals surface area contributed by atoms with E-state index < -0.39 is 10.0 Å². The summed E-state index contributed by atoms with van der Waals surface area (Å²) in [6.45, 7) is 1.82. The quantitative estimate of drug-likeness (QED) is 0.668. The number of thioether (sulfide) groups is 1. The molecule has 0 bridgehead atoms. The van der Waals surface area contributed by atoms with Crippen LogP contribution in [0.15, 0.2) is 76.5 Å². The molecule has 3 rings (SSSR count). The highest BCUT2D eigenvalue weighted by Gasteiger charge is 2.15. The van der Waals surface area contributed by atoms with Crippen LogP contribution < -0.4 is 4.72 Å². The highest BCUT2D eigenvalue weighted by Crippen LogP contribution is 2.30. The Morgan fingerprint density at radius 3 is 2.32 bits per heavy atom. The largest absolute Gasteiger partial charge is 0.263 e. The van der Waals surface area contributed by atoms with Gasteiger partial charge in [-0.25, -0.2) is 13.4 Å². The maximum atomic E-state index is 12.5. The maximum absolute atomic E-state index is 12.5. The predicted molar refractivity (Wildman–Crippen MR) is 103 cm³/mol. The van der Waals surface area contributed by atoms with Gasteiger partial charge in [0.05, 0.1) is 4.90 Å². The average Bonchev–Trinajstić information content (AvgIpc) is 2.61. The highest BCUT2D eigenvalue weighted by molar-refractivity contribution is 7.98. The van der Waals surface area contributed by atoms with E-state index >= 15 is 0 Å². The molecule has 0 spiro atoms. The van der Waals surface area contributed by atoms with Crippen LogP contribution in [0, 0.1) is 6.92 Å². The third-order valence-corrected chi connectivity index (χ3v) is 5.88. The summed E-state index contributed by atoms with van der Waals surface area (Å²) in [5.41, 5.74) is 2.83. The van der Waals surface area contributed by atoms with E-state index in [1.165, 1.54) is 0 Å². The summed E-state index contributed by atoms with van der Waals surface area (Å²) in [5, 5.41) is 0. The Hall–Kier alpha value is -2.31. The Morgan fingerprint density at radius 1 is 0.920 bits per heavy atom. The number of anilines is 1. The molecule has 1 heterocycles. The van der Waals surface area contributed by atoms with Crippen LogP contribution in [0.2, 0.25) is 0 Å². The topological polar surface area (TPSA) is 59.1 Å². The summed E-state index contributed by atoms with van der Waals surface area (Å²) < 4.78 is 27.6. The summed E-state index contributed by atoms with van der Waals surface area (Å²) in [6.07, 6.45) is 2.02. The van der Waals surface area contributed by atoms with Crippen LogP contribution >= 0.6 is 11.8 Å². The van der Waals surface area contributed by atoms with E-state index in [0.717, 1.165) is 21.7 Å². The first kappa shape index (κ1) is 17.5. The van der Waals surface area contributed by atoms with Gasteiger partial charge in [-0.3, -0.25) is 4.72 Å². The number of aryl methyl sites for hydroxylation is 1. The minimum atomic E-state index is -3.66. The van der Waals surface area contributed by atoms with Crippen LogP contribution in [0.5, 0.6) is 0 Å². The van der Waals surface area contributed by atoms with E-state index in [9.17, 15) is 8.42 Å². The number of nitrogens with one attached hydrogen (secondary N) is 1. The van der Waals surface area contributed by atoms with E-state index in [1.54, 1.807) is 36.0 Å². The summed E-state index contributed by atoms with van der Waals surface area (Å²) in [6, 6.07) is 20.2. The molecule has 0 saturated carbocycles. The lowest BCUT2D eigenvalue weighted by Gasteiger charge is -2.10. The smallest absolute Gasteiger partial charge is 0.263 e. The zero-order valence-corrected chi connectivity index (χ0v) is 15.6. The molecule has 2 aromatic carbocycles. The van der Waals surface area contributed by atoms with Crippen LogP contribution in [0.3, 0.4) is 0 Å². The molecule has 1 N–H and O–H groups in total. The molecule has 0 aliphatic heterocycles. The Balaban J connectivity index is 1.89. The lowest BCUT2D eigenvalue weighted by molar-refractivity contribution is 0.601. The Bertz CT molecular complexity index is 984. The first-order valence-corrected chi connectivity index (χ1v) is 10.4. The van der Waals surface area contributed by atoms with Gasteiger partial charge in [0.15, 0.2) is 0 Å². The van der Waals surface area contributed by atoms with Crippen LogP contribution in [0.25, 0.3) is 11.1 Å². The number of pyridine rings is 1. The van der Waals surface area contributed by atoms with Gasteiger partial charge in [-0.05, 0) is 54.6 Å². The fraction of sp³-hybridized carbons (Fsp3) is 0.105. The fourth-order valence-electron chi connectivity index (χ4n) is 2.49. The van der Waals surface area contributed by atoms with Gasteiger partial charge in [0.2, 0.25) is 0 Å². The fourth-order valence-corrected chi connectivity index (χ4v) is 4.11. The van der Waals surface area contributed by atoms with Gasteiger partial charge in [-0.15, -0.1) is 11.8 Å². The molecule has 4 nitrogen and oxygen atoms in total. The first-order chi connectivity index (χ1) is 12.0. The van der Waals surface area contributed by atoms with E-state index in [-0.39, 0.29) is 4.90 Å². The highest BCUT2D eigenvalue weighted by atomic mass is 32.2. The molecule has 128 valence electrons. The van der Waals surface area contributed by atoms with Crippen LogP contribution in [-0.2, 0) is 10.0 Å². The molecule has 1 aromatic heterocycles. The Morgan fingerprint density at radius 2 is 1.64 bits per heavy atom. The molecule has 0 saturated heterocycles. The van der Waals surface area contributed by atoms with E-state index in [4.69, 9.17) is 0 Å². The van der Waals surface area contributed by atoms with Gasteiger partial charge in [0.25, 0.3) is 10.0 Å². The molecule has 0 aliphatic rings. The van der Waals surface area contributed by atoms with Gasteiger partial charge in [0.1, 0.15) is 5.82 Å². The maximum Gasteiger partial charge on any atom is 0.263 e. The average molecular weight is 370 g/mol. The second-order valence-electron chi connectivity index (χ2n) is 5.49. The van der Waals surface area contributed by atoms with Gasteiger partial charge in [-0.1, -0.05) is 36.4 Å². The number of sulfonamides is 1. The Kier molecular flexibility index (Phi) is 5.11. The van der Waals surface area contributed by atoms with Crippen LogP contribution in [0.4, 0.5) is 5.82 Å². The molecule has 6 heteroatoms. The van der Waals surface area contributed by atoms with Crippen molar-refractivity contribution in [2.24, 2.45) is 0 Å². The van der Waals surface area contributed by atoms with Crippen LogP contribution in [-0.4, -0.2) is 19.7 Å². The summed E-state index contributed by atoms with van der Waals surface area (Å²) in [7, 11) is -3.66. The zero-order chi connectivity index (χ0) is 17.9. The molecular formula is C19H18N2O2S2. The number of rotatable bonds is 5. The van der Waals surface area contributed by atoms with Crippen molar-refractivity contribution in [2.45, 2.75) is 16.7 Å². The third kappa shape index (κ3) is 4.03. The minimum Gasteiger partial charge on any atom is -0.263 e. The van der Waals surface area contributed by atoms with Crippen molar-refractivity contribution in [1.82, 2.24) is 4.98 Å². The van der Waals surface area contributed by atoms with E-state index in [1.807, 2.05) is 49.6 Å². The van der Waals surface area contributed by atoms with E-state index in [2.05, 4.69) is 15.8 Å². The summed E-state index contributed by atoms with van der Waals surface area (Å²) >= 11 is 1.66. The SMILES string of the molecule is CSc1ccccc1-c1ccc(S(=O)(=O)Nc2cccc(C)n2)cc1. The van der Waals surface area contributed by atoms with Crippen molar-refractivity contribution in [1.29, 1.82) is 0 Å². The van der Waals surface area contributed by atoms with Gasteiger partial charge in [0, 0.05) is 10.6 Å². The zero-order valence-electron chi connectivity index (χ0n) is 13.9. The first-order valence-electron chi connectivity index (χ1n) is 7.69. The molecule has 0 amide bonds.